The van der Waals surface area contributed by atoms with Gasteiger partial charge in [-0.3, -0.25) is 9.59 Å². The average Bonchev–Trinajstić information content (AvgIpc) is 3.13. The first-order valence-electron chi connectivity index (χ1n) is 6.61. The normalized spacial score (nSPS) is 14.9. The number of hydroxylamine groups is 2. The molecule has 114 valence electrons. The van der Waals surface area contributed by atoms with Crippen molar-refractivity contribution in [2.24, 2.45) is 0 Å². The molecule has 0 atom stereocenters. The van der Waals surface area contributed by atoms with E-state index in [0.29, 0.717) is 16.6 Å². The number of amides is 2. The van der Waals surface area contributed by atoms with Crippen LogP contribution in [0.2, 0.25) is 0 Å². The molecule has 2 amide bonds. The largest absolute Gasteiger partial charge is 0.453 e. The third kappa shape index (κ3) is 2.00. The smallest absolute Gasteiger partial charge is 0.382 e. The van der Waals surface area contributed by atoms with Crippen molar-refractivity contribution in [1.29, 1.82) is 0 Å². The van der Waals surface area contributed by atoms with Gasteiger partial charge in [-0.05, 0) is 12.1 Å². The first-order chi connectivity index (χ1) is 11.1. The number of carbonyl (C=O) groups excluding carboxylic acids is 3. The number of ether oxygens (including phenoxy) is 2. The van der Waals surface area contributed by atoms with Crippen LogP contribution in [0.3, 0.4) is 0 Å². The fourth-order valence-electron chi connectivity index (χ4n) is 2.29. The minimum Gasteiger partial charge on any atom is -0.453 e. The van der Waals surface area contributed by atoms with E-state index in [1.807, 2.05) is 0 Å². The average molecular weight is 312 g/mol. The van der Waals surface area contributed by atoms with Gasteiger partial charge in [-0.2, -0.15) is 0 Å². The molecule has 1 aromatic carbocycles. The zero-order chi connectivity index (χ0) is 16.0. The number of hydrogen-bond donors (Lipinski definition) is 0. The van der Waals surface area contributed by atoms with Crippen molar-refractivity contribution in [2.75, 3.05) is 6.79 Å². The molecule has 0 unspecified atom stereocenters. The molecule has 0 N–H and O–H groups in total. The van der Waals surface area contributed by atoms with Crippen molar-refractivity contribution in [3.05, 3.63) is 53.3 Å². The molecule has 0 radical (unpaired) electrons. The maximum Gasteiger partial charge on any atom is 0.382 e. The van der Waals surface area contributed by atoms with E-state index in [2.05, 4.69) is 4.98 Å². The highest BCUT2D eigenvalue weighted by Crippen LogP contribution is 2.31. The van der Waals surface area contributed by atoms with Crippen LogP contribution in [-0.4, -0.2) is 34.6 Å². The van der Waals surface area contributed by atoms with Crippen molar-refractivity contribution in [2.45, 2.75) is 0 Å². The molecule has 0 spiro atoms. The van der Waals surface area contributed by atoms with E-state index in [-0.39, 0.29) is 23.6 Å². The molecule has 1 aromatic heterocycles. The zero-order valence-electron chi connectivity index (χ0n) is 11.5. The minimum atomic E-state index is -0.946. The molecule has 2 aliphatic rings. The van der Waals surface area contributed by atoms with Crippen molar-refractivity contribution in [3.63, 3.8) is 0 Å². The topological polar surface area (TPSA) is 95.0 Å². The van der Waals surface area contributed by atoms with E-state index in [0.717, 1.165) is 0 Å². The Bertz CT molecular complexity index is 828. The Balaban J connectivity index is 1.58. The van der Waals surface area contributed by atoms with Crippen molar-refractivity contribution in [1.82, 2.24) is 10.0 Å². The number of imide groups is 1. The molecule has 2 aliphatic heterocycles. The van der Waals surface area contributed by atoms with Gasteiger partial charge in [0.05, 0.1) is 17.3 Å². The molecule has 0 saturated heterocycles. The predicted octanol–water partition coefficient (Wildman–Crippen LogP) is 1.18. The van der Waals surface area contributed by atoms with Gasteiger partial charge in [0.1, 0.15) is 0 Å². The van der Waals surface area contributed by atoms with Crippen LogP contribution in [0.5, 0.6) is 11.5 Å². The number of rotatable bonds is 2. The maximum absolute atomic E-state index is 12.1. The first-order valence-corrected chi connectivity index (χ1v) is 6.61. The van der Waals surface area contributed by atoms with Gasteiger partial charge in [0.15, 0.2) is 17.2 Å². The second-order valence-electron chi connectivity index (χ2n) is 4.75. The van der Waals surface area contributed by atoms with Crippen LogP contribution in [0.15, 0.2) is 36.5 Å². The molecule has 8 heteroatoms. The molecule has 0 aliphatic carbocycles. The SMILES string of the molecule is O=C(ON1C(=O)c2ccccc2C1=O)c1cc2c(cn1)OCO2. The highest BCUT2D eigenvalue weighted by molar-refractivity contribution is 6.21. The fraction of sp³-hybridized carbons (Fsp3) is 0.0667. The van der Waals surface area contributed by atoms with Crippen molar-refractivity contribution < 1.29 is 28.7 Å². The van der Waals surface area contributed by atoms with Gasteiger partial charge >= 0.3 is 5.97 Å². The van der Waals surface area contributed by atoms with Gasteiger partial charge < -0.3 is 14.3 Å². The Hall–Kier alpha value is -3.42. The molecular weight excluding hydrogens is 304 g/mol. The third-order valence-corrected chi connectivity index (χ3v) is 3.40. The van der Waals surface area contributed by atoms with E-state index in [9.17, 15) is 14.4 Å². The van der Waals surface area contributed by atoms with Gasteiger partial charge in [-0.1, -0.05) is 17.2 Å². The summed E-state index contributed by atoms with van der Waals surface area (Å²) in [5.74, 6) is -1.59. The number of nitrogens with zero attached hydrogens (tertiary/aromatic N) is 2. The Morgan fingerprint density at radius 3 is 2.43 bits per heavy atom. The Kier molecular flexibility index (Phi) is 2.77. The van der Waals surface area contributed by atoms with E-state index >= 15 is 0 Å². The third-order valence-electron chi connectivity index (χ3n) is 3.40. The second-order valence-corrected chi connectivity index (χ2v) is 4.75. The lowest BCUT2D eigenvalue weighted by Crippen LogP contribution is -2.32. The van der Waals surface area contributed by atoms with Gasteiger partial charge in [-0.15, -0.1) is 0 Å². The minimum absolute atomic E-state index is 0.0356. The molecule has 8 nitrogen and oxygen atoms in total. The summed E-state index contributed by atoms with van der Waals surface area (Å²) < 4.78 is 10.2. The molecule has 0 bridgehead atoms. The van der Waals surface area contributed by atoms with Crippen LogP contribution < -0.4 is 9.47 Å². The number of pyridine rings is 1. The summed E-state index contributed by atoms with van der Waals surface area (Å²) in [6, 6.07) is 7.54. The number of hydrogen-bond acceptors (Lipinski definition) is 7. The van der Waals surface area contributed by atoms with Gasteiger partial charge in [-0.25, -0.2) is 9.78 Å². The lowest BCUT2D eigenvalue weighted by atomic mass is 10.1. The Morgan fingerprint density at radius 2 is 1.74 bits per heavy atom. The lowest BCUT2D eigenvalue weighted by molar-refractivity contribution is -0.0588. The molecular formula is C15H8N2O6. The highest BCUT2D eigenvalue weighted by Gasteiger charge is 2.39. The number of fused-ring (bicyclic) bond motifs is 2. The zero-order valence-corrected chi connectivity index (χ0v) is 11.5. The van der Waals surface area contributed by atoms with Crippen LogP contribution >= 0.6 is 0 Å². The molecule has 3 heterocycles. The van der Waals surface area contributed by atoms with Gasteiger partial charge in [0.25, 0.3) is 11.8 Å². The van der Waals surface area contributed by atoms with Gasteiger partial charge in [0, 0.05) is 6.07 Å². The van der Waals surface area contributed by atoms with E-state index in [1.165, 1.54) is 24.4 Å². The summed E-state index contributed by atoms with van der Waals surface area (Å²) in [6.45, 7) is 0.0356. The summed E-state index contributed by atoms with van der Waals surface area (Å²) in [6.07, 6.45) is 1.31. The summed E-state index contributed by atoms with van der Waals surface area (Å²) in [7, 11) is 0. The number of benzene rings is 1. The number of aromatic nitrogens is 1. The van der Waals surface area contributed by atoms with Crippen molar-refractivity contribution in [3.8, 4) is 11.5 Å². The molecule has 0 fully saturated rings. The highest BCUT2D eigenvalue weighted by atomic mass is 16.7. The molecule has 2 aromatic rings. The Morgan fingerprint density at radius 1 is 1.09 bits per heavy atom. The lowest BCUT2D eigenvalue weighted by Gasteiger charge is -2.12. The predicted molar refractivity (Wildman–Crippen MR) is 72.7 cm³/mol. The van der Waals surface area contributed by atoms with Crippen molar-refractivity contribution >= 4 is 17.8 Å². The van der Waals surface area contributed by atoms with Crippen LogP contribution in [0.1, 0.15) is 31.2 Å². The second kappa shape index (κ2) is 4.80. The van der Waals surface area contributed by atoms with Gasteiger partial charge in [0.2, 0.25) is 6.79 Å². The molecule has 23 heavy (non-hydrogen) atoms. The van der Waals surface area contributed by atoms with E-state index in [1.54, 1.807) is 12.1 Å². The van der Waals surface area contributed by atoms with Crippen LogP contribution in [0, 0.1) is 0 Å². The fourth-order valence-corrected chi connectivity index (χ4v) is 2.29. The summed E-state index contributed by atoms with van der Waals surface area (Å²) in [4.78, 5) is 45.1. The maximum atomic E-state index is 12.1. The van der Waals surface area contributed by atoms with Crippen LogP contribution in [0.4, 0.5) is 0 Å². The number of carbonyl (C=O) groups is 3. The van der Waals surface area contributed by atoms with E-state index < -0.39 is 17.8 Å². The Labute approximate surface area is 129 Å². The summed E-state index contributed by atoms with van der Waals surface area (Å²) in [5.41, 5.74) is 0.263. The summed E-state index contributed by atoms with van der Waals surface area (Å²) >= 11 is 0. The van der Waals surface area contributed by atoms with Crippen LogP contribution in [-0.2, 0) is 4.84 Å². The quantitative estimate of drug-likeness (QED) is 0.768. The van der Waals surface area contributed by atoms with Crippen LogP contribution in [0.25, 0.3) is 0 Å². The molecule has 4 rings (SSSR count). The van der Waals surface area contributed by atoms with E-state index in [4.69, 9.17) is 14.3 Å². The standard InChI is InChI=1S/C15H8N2O6/c18-13-8-3-1-2-4-9(8)14(19)17(13)23-15(20)10-5-11-12(6-16-10)22-7-21-11/h1-6H,7H2. The molecule has 0 saturated carbocycles. The monoisotopic (exact) mass is 312 g/mol. The first kappa shape index (κ1) is 13.3. The summed E-state index contributed by atoms with van der Waals surface area (Å²) in [5, 5.41) is 0.430.